The first-order valence-corrected chi connectivity index (χ1v) is 18.5. The lowest BCUT2D eigenvalue weighted by atomic mass is 9.60. The molecule has 0 fully saturated rings. The molecule has 3 heteroatoms. The van der Waals surface area contributed by atoms with Crippen LogP contribution in [0.25, 0.3) is 11.1 Å². The van der Waals surface area contributed by atoms with Gasteiger partial charge in [0.2, 0.25) is 0 Å². The average molecular weight is 651 g/mol. The summed E-state index contributed by atoms with van der Waals surface area (Å²) in [5, 5.41) is 4.01. The van der Waals surface area contributed by atoms with Crippen LogP contribution in [-0.2, 0) is 5.41 Å². The Morgan fingerprint density at radius 2 is 1.68 bits per heavy atom. The maximum Gasteiger partial charge on any atom is 0.142 e. The third kappa shape index (κ3) is 5.44. The fourth-order valence-electron chi connectivity index (χ4n) is 8.98. The second-order valence-electron chi connectivity index (χ2n) is 14.5. The Morgan fingerprint density at radius 1 is 0.860 bits per heavy atom. The fraction of sp³-hybridized carbons (Fsp3) is 0.234. The highest BCUT2D eigenvalue weighted by Gasteiger charge is 2.46. The van der Waals surface area contributed by atoms with Gasteiger partial charge in [0.25, 0.3) is 0 Å². The van der Waals surface area contributed by atoms with E-state index in [-0.39, 0.29) is 5.41 Å². The number of rotatable bonds is 8. The first-order chi connectivity index (χ1) is 24.5. The van der Waals surface area contributed by atoms with E-state index in [4.69, 9.17) is 6.58 Å². The largest absolute Gasteiger partial charge is 0.354 e. The highest BCUT2D eigenvalue weighted by molar-refractivity contribution is 6.40. The SMILES string of the molecule is Bc1c(-c2cccc3c2Nc2ccccc2C3(C2=CCCCC2)c2ccccc2)cc(C)cc1N(C(=C)CC1=C(C)C=CC1)C1=CC=CCC1. The van der Waals surface area contributed by atoms with Gasteiger partial charge in [-0.25, -0.2) is 0 Å². The van der Waals surface area contributed by atoms with Crippen molar-refractivity contribution >= 4 is 30.4 Å². The van der Waals surface area contributed by atoms with Crippen LogP contribution in [-0.4, -0.2) is 7.85 Å². The van der Waals surface area contributed by atoms with Crippen LogP contribution in [0.3, 0.4) is 0 Å². The van der Waals surface area contributed by atoms with E-state index in [2.05, 4.69) is 153 Å². The summed E-state index contributed by atoms with van der Waals surface area (Å²) in [6.07, 6.45) is 22.5. The highest BCUT2D eigenvalue weighted by atomic mass is 15.2. The summed E-state index contributed by atoms with van der Waals surface area (Å²) in [4.78, 5) is 2.48. The molecule has 0 bridgehead atoms. The second kappa shape index (κ2) is 13.4. The Labute approximate surface area is 299 Å². The highest BCUT2D eigenvalue weighted by Crippen LogP contribution is 2.57. The molecule has 3 aliphatic carbocycles. The fourth-order valence-corrected chi connectivity index (χ4v) is 8.98. The van der Waals surface area contributed by atoms with E-state index in [1.807, 2.05) is 0 Å². The number of allylic oxidation sites excluding steroid dienone is 10. The Hall–Kier alpha value is -5.02. The number of fused-ring (bicyclic) bond motifs is 2. The molecule has 50 heavy (non-hydrogen) atoms. The van der Waals surface area contributed by atoms with Gasteiger partial charge in [-0.3, -0.25) is 0 Å². The van der Waals surface area contributed by atoms with E-state index in [1.165, 1.54) is 91.2 Å². The Kier molecular flexibility index (Phi) is 8.61. The minimum Gasteiger partial charge on any atom is -0.354 e. The third-order valence-corrected chi connectivity index (χ3v) is 11.4. The molecule has 8 rings (SSSR count). The van der Waals surface area contributed by atoms with Crippen LogP contribution >= 0.6 is 0 Å². The van der Waals surface area contributed by atoms with Gasteiger partial charge in [-0.15, -0.1) is 0 Å². The molecule has 1 unspecified atom stereocenters. The number of benzene rings is 4. The average Bonchev–Trinajstić information content (AvgIpc) is 3.56. The molecular formula is C47H47BN2. The summed E-state index contributed by atoms with van der Waals surface area (Å²) >= 11 is 0. The predicted octanol–water partition coefficient (Wildman–Crippen LogP) is 11.0. The van der Waals surface area contributed by atoms with E-state index < -0.39 is 0 Å². The van der Waals surface area contributed by atoms with Crippen molar-refractivity contribution in [1.82, 2.24) is 0 Å². The zero-order valence-electron chi connectivity index (χ0n) is 29.9. The number of hydrogen-bond acceptors (Lipinski definition) is 2. The summed E-state index contributed by atoms with van der Waals surface area (Å²) < 4.78 is 0. The minimum absolute atomic E-state index is 0.365. The van der Waals surface area contributed by atoms with Gasteiger partial charge in [0.05, 0.1) is 11.1 Å². The van der Waals surface area contributed by atoms with Gasteiger partial charge in [0.15, 0.2) is 0 Å². The van der Waals surface area contributed by atoms with Crippen molar-refractivity contribution in [3.63, 3.8) is 0 Å². The van der Waals surface area contributed by atoms with Crippen LogP contribution in [0.5, 0.6) is 0 Å². The van der Waals surface area contributed by atoms with E-state index >= 15 is 0 Å². The number of nitrogens with zero attached hydrogens (tertiary/aromatic N) is 1. The maximum absolute atomic E-state index is 4.76. The van der Waals surface area contributed by atoms with Crippen LogP contribution in [0.15, 0.2) is 156 Å². The van der Waals surface area contributed by atoms with E-state index in [1.54, 1.807) is 0 Å². The normalized spacial score (nSPS) is 19.3. The van der Waals surface area contributed by atoms with Crippen molar-refractivity contribution in [3.05, 3.63) is 178 Å². The van der Waals surface area contributed by atoms with Crippen LogP contribution in [0.4, 0.5) is 17.1 Å². The molecule has 0 aromatic heterocycles. The standard InChI is InChI=1S/C47H47BN2/c1-32-29-40(45(48)44(30-32)50(38-23-11-6-12-24-38)34(3)31-35-18-15-17-33(35)2)39-25-16-27-42-46(39)49-43-28-14-13-26-41(43)47(42,36-19-7-4-8-20-36)37-21-9-5-10-22-37/h4,6-8,11,13-17,19-21,23,25-30,49H,3,5,9-10,12,18,22,24,31,48H2,1-2H3. The molecular weight excluding hydrogens is 603 g/mol. The minimum atomic E-state index is -0.365. The van der Waals surface area contributed by atoms with Gasteiger partial charge >= 0.3 is 0 Å². The number of para-hydroxylation sites is 2. The van der Waals surface area contributed by atoms with Crippen molar-refractivity contribution in [1.29, 1.82) is 0 Å². The molecule has 248 valence electrons. The van der Waals surface area contributed by atoms with E-state index in [9.17, 15) is 0 Å². The molecule has 0 spiro atoms. The van der Waals surface area contributed by atoms with Gasteiger partial charge < -0.3 is 10.2 Å². The van der Waals surface area contributed by atoms with Crippen molar-refractivity contribution < 1.29 is 0 Å². The molecule has 1 aliphatic heterocycles. The van der Waals surface area contributed by atoms with E-state index in [0.717, 1.165) is 44.2 Å². The first kappa shape index (κ1) is 32.2. The van der Waals surface area contributed by atoms with Crippen LogP contribution in [0.2, 0.25) is 0 Å². The van der Waals surface area contributed by atoms with Crippen molar-refractivity contribution in [2.75, 3.05) is 10.2 Å². The summed E-state index contributed by atoms with van der Waals surface area (Å²) in [5.74, 6) is 0. The van der Waals surface area contributed by atoms with Gasteiger partial charge in [0.1, 0.15) is 7.85 Å². The molecule has 1 heterocycles. The zero-order valence-corrected chi connectivity index (χ0v) is 29.9. The van der Waals surface area contributed by atoms with Crippen LogP contribution in [0, 0.1) is 6.92 Å². The van der Waals surface area contributed by atoms with Gasteiger partial charge in [0, 0.05) is 34.8 Å². The Balaban J connectivity index is 1.34. The Morgan fingerprint density at radius 3 is 2.44 bits per heavy atom. The molecule has 4 aromatic carbocycles. The van der Waals surface area contributed by atoms with Crippen LogP contribution in [0.1, 0.15) is 80.5 Å². The van der Waals surface area contributed by atoms with Crippen molar-refractivity contribution in [2.45, 2.75) is 70.6 Å². The lowest BCUT2D eigenvalue weighted by molar-refractivity contribution is 0.603. The predicted molar refractivity (Wildman–Crippen MR) is 217 cm³/mol. The first-order valence-electron chi connectivity index (χ1n) is 18.5. The van der Waals surface area contributed by atoms with E-state index in [0.29, 0.717) is 0 Å². The second-order valence-corrected chi connectivity index (χ2v) is 14.5. The quantitative estimate of drug-likeness (QED) is 0.151. The maximum atomic E-state index is 4.76. The molecule has 0 amide bonds. The number of hydrogen-bond donors (Lipinski definition) is 1. The smallest absolute Gasteiger partial charge is 0.142 e. The molecule has 0 saturated heterocycles. The monoisotopic (exact) mass is 650 g/mol. The molecule has 4 aromatic rings. The number of anilines is 3. The zero-order chi connectivity index (χ0) is 34.2. The number of nitrogens with one attached hydrogen (secondary N) is 1. The molecule has 1 atom stereocenters. The topological polar surface area (TPSA) is 15.3 Å². The summed E-state index contributed by atoms with van der Waals surface area (Å²) in [6, 6.07) is 32.0. The lowest BCUT2D eigenvalue weighted by Gasteiger charge is -2.45. The van der Waals surface area contributed by atoms with Gasteiger partial charge in [-0.1, -0.05) is 132 Å². The lowest BCUT2D eigenvalue weighted by Crippen LogP contribution is -2.37. The molecule has 0 radical (unpaired) electrons. The third-order valence-electron chi connectivity index (χ3n) is 11.4. The molecule has 2 nitrogen and oxygen atoms in total. The Bertz CT molecular complexity index is 2140. The van der Waals surface area contributed by atoms with Crippen molar-refractivity contribution in [2.24, 2.45) is 0 Å². The van der Waals surface area contributed by atoms with Crippen molar-refractivity contribution in [3.8, 4) is 11.1 Å². The molecule has 0 saturated carbocycles. The number of aryl methyl sites for hydroxylation is 1. The van der Waals surface area contributed by atoms with Crippen LogP contribution < -0.4 is 15.7 Å². The molecule has 4 aliphatic rings. The van der Waals surface area contributed by atoms with Gasteiger partial charge in [-0.2, -0.15) is 0 Å². The molecule has 1 N–H and O–H groups in total. The summed E-state index contributed by atoms with van der Waals surface area (Å²) in [6.45, 7) is 9.24. The summed E-state index contributed by atoms with van der Waals surface area (Å²) in [5.41, 5.74) is 19.2. The summed E-state index contributed by atoms with van der Waals surface area (Å²) in [7, 11) is 2.32. The van der Waals surface area contributed by atoms with Gasteiger partial charge in [-0.05, 0) is 105 Å².